The molecule has 0 bridgehead atoms. The molecule has 26 heavy (non-hydrogen) atoms. The summed E-state index contributed by atoms with van der Waals surface area (Å²) in [7, 11) is 1.56. The summed E-state index contributed by atoms with van der Waals surface area (Å²) in [5, 5.41) is 9.99. The fourth-order valence-corrected chi connectivity index (χ4v) is 2.43. The molecule has 7 heteroatoms. The molecule has 7 nitrogen and oxygen atoms in total. The molecule has 0 unspecified atom stereocenters. The molecule has 0 aliphatic heterocycles. The van der Waals surface area contributed by atoms with Crippen LogP contribution in [0, 0.1) is 0 Å². The molecule has 0 radical (unpaired) electrons. The van der Waals surface area contributed by atoms with E-state index in [1.54, 1.807) is 32.2 Å². The number of aromatic carboxylic acids is 1. The van der Waals surface area contributed by atoms with Crippen LogP contribution in [0.3, 0.4) is 0 Å². The number of methoxy groups -OCH3 is 1. The molecule has 1 heterocycles. The average molecular weight is 361 g/mol. The van der Waals surface area contributed by atoms with Crippen LogP contribution < -0.4 is 9.47 Å². The highest BCUT2D eigenvalue weighted by atomic mass is 16.5. The van der Waals surface area contributed by atoms with Crippen molar-refractivity contribution in [1.82, 2.24) is 4.98 Å². The van der Waals surface area contributed by atoms with Crippen LogP contribution in [0.25, 0.3) is 10.9 Å². The van der Waals surface area contributed by atoms with Gasteiger partial charge in [-0.3, -0.25) is 0 Å². The SMILES string of the molecule is COCCOc1cc(C(=O)O)nc2c(OCCCCC(C)=O)cccc12. The molecule has 0 saturated carbocycles. The lowest BCUT2D eigenvalue weighted by molar-refractivity contribution is -0.117. The molecule has 140 valence electrons. The second-order valence-corrected chi connectivity index (χ2v) is 5.81. The number of benzene rings is 1. The Morgan fingerprint density at radius 1 is 1.08 bits per heavy atom. The number of rotatable bonds is 11. The number of ether oxygens (including phenoxy) is 3. The lowest BCUT2D eigenvalue weighted by atomic mass is 10.1. The first-order valence-electron chi connectivity index (χ1n) is 8.44. The van der Waals surface area contributed by atoms with E-state index in [0.717, 1.165) is 12.8 Å². The Labute approximate surface area is 151 Å². The van der Waals surface area contributed by atoms with E-state index in [4.69, 9.17) is 14.2 Å². The number of hydrogen-bond donors (Lipinski definition) is 1. The van der Waals surface area contributed by atoms with Crippen molar-refractivity contribution < 1.29 is 28.9 Å². The first-order chi connectivity index (χ1) is 12.5. The molecule has 0 amide bonds. The number of carboxylic acid groups (broad SMARTS) is 1. The minimum Gasteiger partial charge on any atom is -0.491 e. The first kappa shape index (κ1) is 19.7. The fraction of sp³-hybridized carbons (Fsp3) is 0.421. The van der Waals surface area contributed by atoms with Gasteiger partial charge in [0, 0.05) is 25.0 Å². The largest absolute Gasteiger partial charge is 0.491 e. The van der Waals surface area contributed by atoms with E-state index in [1.807, 2.05) is 0 Å². The number of Topliss-reactive ketones (excluding diaryl/α,β-unsaturated/α-hetero) is 1. The van der Waals surface area contributed by atoms with Crippen LogP contribution in [-0.2, 0) is 9.53 Å². The van der Waals surface area contributed by atoms with Crippen molar-refractivity contribution in [2.75, 3.05) is 26.9 Å². The number of hydrogen-bond acceptors (Lipinski definition) is 6. The minimum atomic E-state index is -1.14. The monoisotopic (exact) mass is 361 g/mol. The maximum Gasteiger partial charge on any atom is 0.354 e. The number of fused-ring (bicyclic) bond motifs is 1. The van der Waals surface area contributed by atoms with Gasteiger partial charge in [-0.2, -0.15) is 0 Å². The van der Waals surface area contributed by atoms with E-state index in [1.165, 1.54) is 6.07 Å². The van der Waals surface area contributed by atoms with Crippen LogP contribution in [-0.4, -0.2) is 48.8 Å². The van der Waals surface area contributed by atoms with Crippen molar-refractivity contribution in [2.45, 2.75) is 26.2 Å². The van der Waals surface area contributed by atoms with Gasteiger partial charge < -0.3 is 24.1 Å². The third-order valence-electron chi connectivity index (χ3n) is 3.71. The molecule has 1 N–H and O–H groups in total. The van der Waals surface area contributed by atoms with Crippen molar-refractivity contribution in [3.8, 4) is 11.5 Å². The molecular formula is C19H23NO6. The summed E-state index contributed by atoms with van der Waals surface area (Å²) in [4.78, 5) is 26.6. The predicted octanol–water partition coefficient (Wildman–Crippen LogP) is 3.10. The van der Waals surface area contributed by atoms with Crippen molar-refractivity contribution >= 4 is 22.7 Å². The number of carbonyl (C=O) groups is 2. The van der Waals surface area contributed by atoms with Gasteiger partial charge in [-0.05, 0) is 31.9 Å². The van der Waals surface area contributed by atoms with E-state index in [9.17, 15) is 14.7 Å². The van der Waals surface area contributed by atoms with Gasteiger partial charge in [0.2, 0.25) is 0 Å². The molecule has 0 aliphatic rings. The highest BCUT2D eigenvalue weighted by Gasteiger charge is 2.15. The van der Waals surface area contributed by atoms with E-state index in [2.05, 4.69) is 4.98 Å². The quantitative estimate of drug-likeness (QED) is 0.614. The summed E-state index contributed by atoms with van der Waals surface area (Å²) in [5.41, 5.74) is 0.323. The van der Waals surface area contributed by atoms with Crippen LogP contribution in [0.2, 0.25) is 0 Å². The highest BCUT2D eigenvalue weighted by Crippen LogP contribution is 2.32. The lowest BCUT2D eigenvalue weighted by Crippen LogP contribution is -2.08. The smallest absolute Gasteiger partial charge is 0.354 e. The van der Waals surface area contributed by atoms with Gasteiger partial charge in [-0.25, -0.2) is 9.78 Å². The zero-order chi connectivity index (χ0) is 18.9. The summed E-state index contributed by atoms with van der Waals surface area (Å²) < 4.78 is 16.4. The topological polar surface area (TPSA) is 95.0 Å². The number of unbranched alkanes of at least 4 members (excludes halogenated alkanes) is 1. The highest BCUT2D eigenvalue weighted by molar-refractivity contribution is 5.95. The van der Waals surface area contributed by atoms with Crippen LogP contribution in [0.5, 0.6) is 11.5 Å². The van der Waals surface area contributed by atoms with E-state index in [0.29, 0.717) is 48.6 Å². The molecule has 1 aromatic heterocycles. The number of aromatic nitrogens is 1. The van der Waals surface area contributed by atoms with Crippen LogP contribution in [0.15, 0.2) is 24.3 Å². The molecular weight excluding hydrogens is 338 g/mol. The van der Waals surface area contributed by atoms with Crippen molar-refractivity contribution in [3.05, 3.63) is 30.0 Å². The van der Waals surface area contributed by atoms with E-state index >= 15 is 0 Å². The number of ketones is 1. The number of nitrogens with zero attached hydrogens (tertiary/aromatic N) is 1. The summed E-state index contributed by atoms with van der Waals surface area (Å²) in [6, 6.07) is 6.75. The summed E-state index contributed by atoms with van der Waals surface area (Å²) in [6.45, 7) is 2.67. The molecule has 0 atom stereocenters. The first-order valence-corrected chi connectivity index (χ1v) is 8.44. The summed E-state index contributed by atoms with van der Waals surface area (Å²) in [6.07, 6.45) is 2.00. The van der Waals surface area contributed by atoms with Crippen molar-refractivity contribution in [3.63, 3.8) is 0 Å². The number of carboxylic acids is 1. The molecule has 0 aliphatic carbocycles. The Morgan fingerprint density at radius 3 is 2.54 bits per heavy atom. The van der Waals surface area contributed by atoms with Crippen molar-refractivity contribution in [2.24, 2.45) is 0 Å². The second-order valence-electron chi connectivity index (χ2n) is 5.81. The summed E-state index contributed by atoms with van der Waals surface area (Å²) >= 11 is 0. The zero-order valence-electron chi connectivity index (χ0n) is 15.0. The molecule has 0 spiro atoms. The molecule has 2 rings (SSSR count). The van der Waals surface area contributed by atoms with Gasteiger partial charge in [0.25, 0.3) is 0 Å². The Balaban J connectivity index is 2.24. The third-order valence-corrected chi connectivity index (χ3v) is 3.71. The van der Waals surface area contributed by atoms with Gasteiger partial charge in [0.15, 0.2) is 5.69 Å². The predicted molar refractivity (Wildman–Crippen MR) is 96.1 cm³/mol. The van der Waals surface area contributed by atoms with Crippen LogP contribution >= 0.6 is 0 Å². The minimum absolute atomic E-state index is 0.113. The maximum atomic E-state index is 11.4. The molecule has 2 aromatic rings. The van der Waals surface area contributed by atoms with E-state index < -0.39 is 5.97 Å². The van der Waals surface area contributed by atoms with Gasteiger partial charge >= 0.3 is 5.97 Å². The van der Waals surface area contributed by atoms with Gasteiger partial charge in [0.05, 0.1) is 13.2 Å². The second kappa shape index (κ2) is 9.72. The number of pyridine rings is 1. The zero-order valence-corrected chi connectivity index (χ0v) is 15.0. The van der Waals surface area contributed by atoms with Crippen LogP contribution in [0.4, 0.5) is 0 Å². The maximum absolute atomic E-state index is 11.4. The van der Waals surface area contributed by atoms with Crippen LogP contribution in [0.1, 0.15) is 36.7 Å². The Kier molecular flexibility index (Phi) is 7.35. The van der Waals surface area contributed by atoms with Gasteiger partial charge in [-0.1, -0.05) is 6.07 Å². The van der Waals surface area contributed by atoms with Gasteiger partial charge in [-0.15, -0.1) is 0 Å². The Bertz CT molecular complexity index is 774. The molecule has 0 saturated heterocycles. The van der Waals surface area contributed by atoms with Crippen molar-refractivity contribution in [1.29, 1.82) is 0 Å². The normalized spacial score (nSPS) is 10.7. The third kappa shape index (κ3) is 5.42. The summed E-state index contributed by atoms with van der Waals surface area (Å²) in [5.74, 6) is -0.0722. The molecule has 1 aromatic carbocycles. The number of carbonyl (C=O) groups excluding carboxylic acids is 1. The lowest BCUT2D eigenvalue weighted by Gasteiger charge is -2.13. The van der Waals surface area contributed by atoms with E-state index in [-0.39, 0.29) is 11.5 Å². The molecule has 0 fully saturated rings. The fourth-order valence-electron chi connectivity index (χ4n) is 2.43. The number of para-hydroxylation sites is 1. The van der Waals surface area contributed by atoms with Gasteiger partial charge in [0.1, 0.15) is 29.4 Å². The Hall–Kier alpha value is -2.67. The average Bonchev–Trinajstić information content (AvgIpc) is 2.61. The Morgan fingerprint density at radius 2 is 1.85 bits per heavy atom. The standard InChI is InChI=1S/C19H23NO6/c1-13(21)6-3-4-9-25-16-8-5-7-14-17(26-11-10-24-2)12-15(19(22)23)20-18(14)16/h5,7-8,12H,3-4,6,9-11H2,1-2H3,(H,22,23).